The van der Waals surface area contributed by atoms with Crippen LogP contribution in [0.1, 0.15) is 25.5 Å². The van der Waals surface area contributed by atoms with E-state index in [1.165, 1.54) is 0 Å². The van der Waals surface area contributed by atoms with Crippen molar-refractivity contribution in [1.29, 1.82) is 5.41 Å². The van der Waals surface area contributed by atoms with Crippen LogP contribution < -0.4 is 15.1 Å². The summed E-state index contributed by atoms with van der Waals surface area (Å²) in [6.07, 6.45) is -0.749. The minimum absolute atomic E-state index is 0.209. The van der Waals surface area contributed by atoms with Gasteiger partial charge in [0.05, 0.1) is 23.7 Å². The van der Waals surface area contributed by atoms with Crippen molar-refractivity contribution in [3.8, 4) is 11.5 Å². The van der Waals surface area contributed by atoms with Crippen molar-refractivity contribution in [2.24, 2.45) is 0 Å². The molecule has 1 aromatic heterocycles. The summed E-state index contributed by atoms with van der Waals surface area (Å²) in [5.74, 6) is 1.35. The third kappa shape index (κ3) is 3.75. The van der Waals surface area contributed by atoms with Crippen molar-refractivity contribution in [1.82, 2.24) is 14.0 Å². The van der Waals surface area contributed by atoms with E-state index in [9.17, 15) is 5.11 Å². The Morgan fingerprint density at radius 3 is 2.45 bits per heavy atom. The summed E-state index contributed by atoms with van der Waals surface area (Å²) in [4.78, 5) is 2.35. The number of aliphatic hydroxyl groups is 1. The van der Waals surface area contributed by atoms with Gasteiger partial charge in [0.1, 0.15) is 0 Å². The van der Waals surface area contributed by atoms with Gasteiger partial charge in [-0.05, 0) is 42.9 Å². The van der Waals surface area contributed by atoms with Gasteiger partial charge in [0, 0.05) is 13.1 Å². The lowest BCUT2D eigenvalue weighted by atomic mass is 10.1. The largest absolute Gasteiger partial charge is 0.454 e. The maximum Gasteiger partial charge on any atom is 0.231 e. The Hall–Kier alpha value is -2.77. The van der Waals surface area contributed by atoms with Crippen LogP contribution in [0.5, 0.6) is 11.5 Å². The van der Waals surface area contributed by atoms with Crippen LogP contribution >= 0.6 is 0 Å². The highest BCUT2D eigenvalue weighted by Crippen LogP contribution is 2.34. The lowest BCUT2D eigenvalue weighted by Crippen LogP contribution is -2.32. The van der Waals surface area contributed by atoms with Gasteiger partial charge in [-0.2, -0.15) is 0 Å². The number of likely N-dealkylation sites (N-methyl/N-ethyl adjacent to an activating group) is 1. The van der Waals surface area contributed by atoms with Crippen molar-refractivity contribution < 1.29 is 14.6 Å². The van der Waals surface area contributed by atoms with Crippen molar-refractivity contribution in [2.75, 3.05) is 26.4 Å². The highest BCUT2D eigenvalue weighted by molar-refractivity contribution is 5.75. The summed E-state index contributed by atoms with van der Waals surface area (Å²) < 4.78 is 14.7. The van der Waals surface area contributed by atoms with Crippen LogP contribution in [0.2, 0.25) is 0 Å². The normalized spacial score (nSPS) is 14.1. The number of hydrogen-bond acceptors (Lipinski definition) is 5. The quantitative estimate of drug-likeness (QED) is 0.614. The van der Waals surface area contributed by atoms with Crippen molar-refractivity contribution in [3.63, 3.8) is 0 Å². The highest BCUT2D eigenvalue weighted by Gasteiger charge is 2.19. The zero-order valence-electron chi connectivity index (χ0n) is 17.0. The molecule has 29 heavy (non-hydrogen) atoms. The average Bonchev–Trinajstić information content (AvgIpc) is 3.32. The van der Waals surface area contributed by atoms with E-state index in [2.05, 4.69) is 18.7 Å². The van der Waals surface area contributed by atoms with E-state index >= 15 is 0 Å². The molecule has 0 saturated carbocycles. The minimum Gasteiger partial charge on any atom is -0.454 e. The fourth-order valence-corrected chi connectivity index (χ4v) is 3.89. The summed E-state index contributed by atoms with van der Waals surface area (Å²) in [6, 6.07) is 13.5. The molecule has 0 bridgehead atoms. The molecule has 2 aromatic carbocycles. The van der Waals surface area contributed by atoms with Crippen molar-refractivity contribution in [2.45, 2.75) is 33.0 Å². The molecular weight excluding hydrogens is 368 g/mol. The maximum absolute atomic E-state index is 10.9. The Morgan fingerprint density at radius 1 is 1.03 bits per heavy atom. The van der Waals surface area contributed by atoms with Crippen molar-refractivity contribution in [3.05, 3.63) is 53.6 Å². The summed E-state index contributed by atoms with van der Waals surface area (Å²) in [7, 11) is 0. The predicted molar refractivity (Wildman–Crippen MR) is 111 cm³/mol. The molecule has 4 rings (SSSR count). The molecule has 2 N–H and O–H groups in total. The zero-order chi connectivity index (χ0) is 20.4. The van der Waals surface area contributed by atoms with Gasteiger partial charge >= 0.3 is 0 Å². The Bertz CT molecular complexity index is 1050. The van der Waals surface area contributed by atoms with E-state index in [-0.39, 0.29) is 6.79 Å². The highest BCUT2D eigenvalue weighted by atomic mass is 16.7. The summed E-state index contributed by atoms with van der Waals surface area (Å²) in [5, 5.41) is 19.6. The Balaban J connectivity index is 1.63. The lowest BCUT2D eigenvalue weighted by molar-refractivity contribution is 0.154. The fourth-order valence-electron chi connectivity index (χ4n) is 3.89. The number of hydrogen-bond donors (Lipinski definition) is 2. The number of ether oxygens (including phenoxy) is 2. The third-order valence-corrected chi connectivity index (χ3v) is 5.65. The molecule has 0 fully saturated rings. The minimum atomic E-state index is -0.749. The molecule has 7 heteroatoms. The number of nitrogens with zero attached hydrogens (tertiary/aromatic N) is 3. The van der Waals surface area contributed by atoms with Gasteiger partial charge in [-0.25, -0.2) is 0 Å². The molecule has 1 aliphatic heterocycles. The second-order valence-electron chi connectivity index (χ2n) is 7.23. The van der Waals surface area contributed by atoms with E-state index in [1.807, 2.05) is 51.6 Å². The Morgan fingerprint density at radius 2 is 1.72 bits per heavy atom. The number of aromatic nitrogens is 2. The number of benzene rings is 2. The molecule has 0 amide bonds. The van der Waals surface area contributed by atoms with E-state index in [0.29, 0.717) is 23.7 Å². The molecule has 0 spiro atoms. The number of imidazole rings is 1. The molecule has 2 heterocycles. The number of aliphatic hydroxyl groups excluding tert-OH is 1. The predicted octanol–water partition coefficient (Wildman–Crippen LogP) is 2.73. The SMILES string of the molecule is CCN(CC)CCn1c(=N)n(C[C@H](O)c2ccc3c(c2)OCO3)c2ccccc21. The molecule has 0 radical (unpaired) electrons. The smallest absolute Gasteiger partial charge is 0.231 e. The molecule has 0 saturated heterocycles. The van der Waals surface area contributed by atoms with Crippen LogP contribution in [-0.4, -0.2) is 45.6 Å². The van der Waals surface area contributed by atoms with E-state index in [1.54, 1.807) is 0 Å². The van der Waals surface area contributed by atoms with Gasteiger partial charge in [0.15, 0.2) is 11.5 Å². The first-order chi connectivity index (χ1) is 14.1. The average molecular weight is 396 g/mol. The molecule has 154 valence electrons. The third-order valence-electron chi connectivity index (χ3n) is 5.65. The number of nitrogens with one attached hydrogen (secondary N) is 1. The van der Waals surface area contributed by atoms with Gasteiger partial charge in [-0.15, -0.1) is 0 Å². The van der Waals surface area contributed by atoms with Gasteiger partial charge in [-0.3, -0.25) is 5.41 Å². The molecule has 0 aliphatic carbocycles. The second kappa shape index (κ2) is 8.31. The topological polar surface area (TPSA) is 75.6 Å². The van der Waals surface area contributed by atoms with Gasteiger partial charge in [-0.1, -0.05) is 32.0 Å². The zero-order valence-corrected chi connectivity index (χ0v) is 17.0. The summed E-state index contributed by atoms with van der Waals surface area (Å²) in [6.45, 7) is 8.44. The van der Waals surface area contributed by atoms with E-state index in [0.717, 1.165) is 42.8 Å². The molecule has 1 aliphatic rings. The standard InChI is InChI=1S/C22H28N4O3/c1-3-24(4-2)11-12-25-17-7-5-6-8-18(17)26(22(25)23)14-19(27)16-9-10-20-21(13-16)29-15-28-20/h5-10,13,19,23,27H,3-4,11-12,14-15H2,1-2H3/t19-/m0/s1. The van der Waals surface area contributed by atoms with Gasteiger partial charge in [0.25, 0.3) is 0 Å². The number of para-hydroxylation sites is 2. The number of fused-ring (bicyclic) bond motifs is 2. The first-order valence-corrected chi connectivity index (χ1v) is 10.1. The first-order valence-electron chi connectivity index (χ1n) is 10.1. The van der Waals surface area contributed by atoms with Gasteiger partial charge < -0.3 is 28.6 Å². The second-order valence-corrected chi connectivity index (χ2v) is 7.23. The van der Waals surface area contributed by atoms with Crippen LogP contribution in [0.4, 0.5) is 0 Å². The van der Waals surface area contributed by atoms with Gasteiger partial charge in [0.2, 0.25) is 12.4 Å². The maximum atomic E-state index is 10.9. The van der Waals surface area contributed by atoms with Crippen LogP contribution in [0, 0.1) is 5.41 Å². The van der Waals surface area contributed by atoms with Crippen molar-refractivity contribution >= 4 is 11.0 Å². The Kier molecular flexibility index (Phi) is 5.60. The first kappa shape index (κ1) is 19.5. The lowest BCUT2D eigenvalue weighted by Gasteiger charge is -2.18. The van der Waals surface area contributed by atoms with E-state index in [4.69, 9.17) is 14.9 Å². The monoisotopic (exact) mass is 396 g/mol. The molecule has 0 unspecified atom stereocenters. The van der Waals surface area contributed by atoms with Crippen LogP contribution in [-0.2, 0) is 13.1 Å². The van der Waals surface area contributed by atoms with Crippen LogP contribution in [0.3, 0.4) is 0 Å². The molecule has 1 atom stereocenters. The molecular formula is C22H28N4O3. The van der Waals surface area contributed by atoms with Crippen LogP contribution in [0.15, 0.2) is 42.5 Å². The molecule has 3 aromatic rings. The van der Waals surface area contributed by atoms with E-state index < -0.39 is 6.10 Å². The summed E-state index contributed by atoms with van der Waals surface area (Å²) >= 11 is 0. The molecule has 7 nitrogen and oxygen atoms in total. The fraction of sp³-hybridized carbons (Fsp3) is 0.409. The van der Waals surface area contributed by atoms with Crippen LogP contribution in [0.25, 0.3) is 11.0 Å². The summed E-state index contributed by atoms with van der Waals surface area (Å²) in [5.41, 5.74) is 3.12. The number of rotatable bonds is 8. The Labute approximate surface area is 170 Å².